The molecular weight excluding hydrogens is 255 g/mol. The van der Waals surface area contributed by atoms with Crippen molar-refractivity contribution in [1.29, 1.82) is 0 Å². The fourth-order valence-electron chi connectivity index (χ4n) is 1.73. The van der Waals surface area contributed by atoms with Crippen LogP contribution < -0.4 is 5.43 Å². The smallest absolute Gasteiger partial charge is 0.244 e. The summed E-state index contributed by atoms with van der Waals surface area (Å²) in [5.74, 6) is -0.548. The van der Waals surface area contributed by atoms with Gasteiger partial charge in [-0.25, -0.2) is 9.82 Å². The van der Waals surface area contributed by atoms with Crippen LogP contribution in [0.25, 0.3) is 0 Å². The second kappa shape index (κ2) is 6.61. The van der Waals surface area contributed by atoms with Gasteiger partial charge >= 0.3 is 0 Å². The average Bonchev–Trinajstić information content (AvgIpc) is 2.43. The number of aryl methyl sites for hydroxylation is 1. The van der Waals surface area contributed by atoms with Gasteiger partial charge in [-0.3, -0.25) is 4.79 Å². The summed E-state index contributed by atoms with van der Waals surface area (Å²) in [6, 6.07) is 13.6. The highest BCUT2D eigenvalue weighted by Crippen LogP contribution is 2.04. The van der Waals surface area contributed by atoms with Gasteiger partial charge in [-0.1, -0.05) is 36.4 Å². The molecule has 0 radical (unpaired) electrons. The van der Waals surface area contributed by atoms with Crippen molar-refractivity contribution < 1.29 is 9.18 Å². The minimum atomic E-state index is -0.313. The van der Waals surface area contributed by atoms with E-state index in [1.165, 1.54) is 12.1 Å². The molecule has 2 rings (SSSR count). The van der Waals surface area contributed by atoms with Gasteiger partial charge in [-0.05, 0) is 35.7 Å². The molecule has 0 atom stereocenters. The molecule has 0 aliphatic carbocycles. The largest absolute Gasteiger partial charge is 0.273 e. The summed E-state index contributed by atoms with van der Waals surface area (Å²) >= 11 is 0. The Morgan fingerprint density at radius 3 is 2.60 bits per heavy atom. The lowest BCUT2D eigenvalue weighted by Crippen LogP contribution is -2.19. The molecule has 1 N–H and O–H groups in total. The van der Waals surface area contributed by atoms with Crippen LogP contribution in [-0.4, -0.2) is 12.1 Å². The van der Waals surface area contributed by atoms with Crippen molar-refractivity contribution in [3.8, 4) is 0 Å². The summed E-state index contributed by atoms with van der Waals surface area (Å²) in [4.78, 5) is 11.7. The molecular formula is C16H15FN2O. The summed E-state index contributed by atoms with van der Waals surface area (Å²) in [7, 11) is 0. The number of amides is 1. The zero-order valence-electron chi connectivity index (χ0n) is 11.1. The van der Waals surface area contributed by atoms with Gasteiger partial charge < -0.3 is 0 Å². The van der Waals surface area contributed by atoms with E-state index in [0.717, 1.165) is 16.7 Å². The van der Waals surface area contributed by atoms with Gasteiger partial charge in [0.2, 0.25) is 5.91 Å². The standard InChI is InChI=1S/C16H15FN2O/c1-12-4-2-3-5-14(12)11-18-19-16(20)10-13-6-8-15(17)9-7-13/h2-9,11H,10H2,1H3,(H,19,20)/b18-11+. The molecule has 20 heavy (non-hydrogen) atoms. The first kappa shape index (κ1) is 13.9. The predicted molar refractivity (Wildman–Crippen MR) is 77.0 cm³/mol. The van der Waals surface area contributed by atoms with Crippen molar-refractivity contribution in [3.63, 3.8) is 0 Å². The number of benzene rings is 2. The Hall–Kier alpha value is -2.49. The molecule has 0 saturated heterocycles. The molecule has 2 aromatic rings. The van der Waals surface area contributed by atoms with Gasteiger partial charge in [0.15, 0.2) is 0 Å². The van der Waals surface area contributed by atoms with E-state index < -0.39 is 0 Å². The number of hydrogen-bond donors (Lipinski definition) is 1. The third-order valence-electron chi connectivity index (χ3n) is 2.86. The summed E-state index contributed by atoms with van der Waals surface area (Å²) in [6.07, 6.45) is 1.78. The Labute approximate surface area is 117 Å². The molecule has 0 saturated carbocycles. The molecule has 1 amide bonds. The molecule has 0 fully saturated rings. The van der Waals surface area contributed by atoms with Gasteiger partial charge in [0.05, 0.1) is 12.6 Å². The third kappa shape index (κ3) is 4.02. The van der Waals surface area contributed by atoms with Crippen LogP contribution in [0.5, 0.6) is 0 Å². The highest BCUT2D eigenvalue weighted by atomic mass is 19.1. The molecule has 0 bridgehead atoms. The van der Waals surface area contributed by atoms with Crippen molar-refractivity contribution >= 4 is 12.1 Å². The lowest BCUT2D eigenvalue weighted by molar-refractivity contribution is -0.120. The first-order valence-electron chi connectivity index (χ1n) is 6.27. The number of nitrogens with one attached hydrogen (secondary N) is 1. The summed E-state index contributed by atoms with van der Waals surface area (Å²) < 4.78 is 12.7. The highest BCUT2D eigenvalue weighted by molar-refractivity contribution is 5.84. The minimum absolute atomic E-state index is 0.172. The fourth-order valence-corrected chi connectivity index (χ4v) is 1.73. The Kier molecular flexibility index (Phi) is 4.60. The second-order valence-corrected chi connectivity index (χ2v) is 4.45. The molecule has 0 aromatic heterocycles. The van der Waals surface area contributed by atoms with Crippen LogP contribution in [0.2, 0.25) is 0 Å². The van der Waals surface area contributed by atoms with Gasteiger partial charge in [-0.2, -0.15) is 5.10 Å². The van der Waals surface area contributed by atoms with E-state index in [4.69, 9.17) is 0 Å². The molecule has 102 valence electrons. The van der Waals surface area contributed by atoms with Crippen molar-refractivity contribution in [2.75, 3.05) is 0 Å². The maximum absolute atomic E-state index is 12.7. The molecule has 0 heterocycles. The SMILES string of the molecule is Cc1ccccc1/C=N/NC(=O)Cc1ccc(F)cc1. The lowest BCUT2D eigenvalue weighted by Gasteiger charge is -2.01. The van der Waals surface area contributed by atoms with E-state index in [0.29, 0.717) is 0 Å². The zero-order chi connectivity index (χ0) is 14.4. The molecule has 4 heteroatoms. The Morgan fingerprint density at radius 1 is 1.20 bits per heavy atom. The number of nitrogens with zero attached hydrogens (tertiary/aromatic N) is 1. The van der Waals surface area contributed by atoms with Gasteiger partial charge in [0, 0.05) is 0 Å². The first-order valence-corrected chi connectivity index (χ1v) is 6.27. The molecule has 0 unspecified atom stereocenters. The lowest BCUT2D eigenvalue weighted by atomic mass is 10.1. The van der Waals surface area contributed by atoms with Crippen LogP contribution in [0.1, 0.15) is 16.7 Å². The maximum atomic E-state index is 12.7. The Balaban J connectivity index is 1.89. The Morgan fingerprint density at radius 2 is 1.90 bits per heavy atom. The summed E-state index contributed by atoms with van der Waals surface area (Å²) in [6.45, 7) is 1.97. The van der Waals surface area contributed by atoms with E-state index in [-0.39, 0.29) is 18.1 Å². The normalized spacial score (nSPS) is 10.7. The number of hydrogen-bond acceptors (Lipinski definition) is 2. The third-order valence-corrected chi connectivity index (χ3v) is 2.86. The van der Waals surface area contributed by atoms with Gasteiger partial charge in [0.1, 0.15) is 5.82 Å². The fraction of sp³-hybridized carbons (Fsp3) is 0.125. The molecule has 0 aliphatic rings. The van der Waals surface area contributed by atoms with E-state index in [2.05, 4.69) is 10.5 Å². The molecule has 0 spiro atoms. The number of carbonyl (C=O) groups excluding carboxylic acids is 1. The number of rotatable bonds is 4. The van der Waals surface area contributed by atoms with Crippen molar-refractivity contribution in [1.82, 2.24) is 5.43 Å². The quantitative estimate of drug-likeness (QED) is 0.673. The van der Waals surface area contributed by atoms with Gasteiger partial charge in [-0.15, -0.1) is 0 Å². The highest BCUT2D eigenvalue weighted by Gasteiger charge is 2.02. The van der Waals surface area contributed by atoms with Gasteiger partial charge in [0.25, 0.3) is 0 Å². The van der Waals surface area contributed by atoms with Crippen molar-refractivity contribution in [3.05, 3.63) is 71.0 Å². The number of carbonyl (C=O) groups is 1. The maximum Gasteiger partial charge on any atom is 0.244 e. The van der Waals surface area contributed by atoms with Crippen molar-refractivity contribution in [2.24, 2.45) is 5.10 Å². The van der Waals surface area contributed by atoms with E-state index in [1.807, 2.05) is 31.2 Å². The van der Waals surface area contributed by atoms with Crippen LogP contribution >= 0.6 is 0 Å². The van der Waals surface area contributed by atoms with Crippen LogP contribution in [-0.2, 0) is 11.2 Å². The predicted octanol–water partition coefficient (Wildman–Crippen LogP) is 2.83. The van der Waals surface area contributed by atoms with E-state index in [9.17, 15) is 9.18 Å². The van der Waals surface area contributed by atoms with Crippen LogP contribution in [0.4, 0.5) is 4.39 Å². The van der Waals surface area contributed by atoms with E-state index >= 15 is 0 Å². The van der Waals surface area contributed by atoms with Crippen LogP contribution in [0.3, 0.4) is 0 Å². The monoisotopic (exact) mass is 270 g/mol. The number of halogens is 1. The molecule has 0 aliphatic heterocycles. The first-order chi connectivity index (χ1) is 9.65. The van der Waals surface area contributed by atoms with Crippen LogP contribution in [0, 0.1) is 12.7 Å². The second-order valence-electron chi connectivity index (χ2n) is 4.45. The average molecular weight is 270 g/mol. The zero-order valence-corrected chi connectivity index (χ0v) is 11.1. The molecule has 2 aromatic carbocycles. The Bertz CT molecular complexity index is 621. The minimum Gasteiger partial charge on any atom is -0.273 e. The topological polar surface area (TPSA) is 41.5 Å². The molecule has 3 nitrogen and oxygen atoms in total. The summed E-state index contributed by atoms with van der Waals surface area (Å²) in [5.41, 5.74) is 5.24. The number of hydrazone groups is 1. The van der Waals surface area contributed by atoms with E-state index in [1.54, 1.807) is 18.3 Å². The van der Waals surface area contributed by atoms with Crippen molar-refractivity contribution in [2.45, 2.75) is 13.3 Å². The summed E-state index contributed by atoms with van der Waals surface area (Å²) in [5, 5.41) is 3.92. The van der Waals surface area contributed by atoms with Crippen LogP contribution in [0.15, 0.2) is 53.6 Å².